The summed E-state index contributed by atoms with van der Waals surface area (Å²) in [7, 11) is 0. The first-order valence-electron chi connectivity index (χ1n) is 4.95. The Labute approximate surface area is 102 Å². The molecule has 0 spiro atoms. The Morgan fingerprint density at radius 2 is 1.88 bits per heavy atom. The highest BCUT2D eigenvalue weighted by atomic mass is 32.1. The van der Waals surface area contributed by atoms with Gasteiger partial charge in [-0.15, -0.1) is 11.3 Å². The van der Waals surface area contributed by atoms with Crippen LogP contribution in [-0.4, -0.2) is 51.8 Å². The van der Waals surface area contributed by atoms with Gasteiger partial charge in [-0.05, 0) is 6.07 Å². The first-order chi connectivity index (χ1) is 8.06. The van der Waals surface area contributed by atoms with Crippen LogP contribution in [-0.2, 0) is 6.54 Å². The minimum absolute atomic E-state index is 0.203. The fraction of sp³-hybridized carbons (Fsp3) is 0.500. The summed E-state index contributed by atoms with van der Waals surface area (Å²) in [5.74, 6) is -0.995. The summed E-state index contributed by atoms with van der Waals surface area (Å²) in [6.45, 7) is -0.939. The summed E-state index contributed by atoms with van der Waals surface area (Å²) in [4.78, 5) is 11.4. The molecule has 0 atom stereocenters. The van der Waals surface area contributed by atoms with E-state index in [0.29, 0.717) is 0 Å². The van der Waals surface area contributed by atoms with Crippen LogP contribution in [0.2, 0.25) is 0 Å². The van der Waals surface area contributed by atoms with E-state index in [-0.39, 0.29) is 12.1 Å². The number of aromatic carboxylic acids is 1. The zero-order chi connectivity index (χ0) is 12.9. The molecule has 0 saturated heterocycles. The molecule has 0 fully saturated rings. The molecule has 0 unspecified atom stereocenters. The maximum absolute atomic E-state index is 10.7. The van der Waals surface area contributed by atoms with Crippen LogP contribution in [0.5, 0.6) is 0 Å². The second-order valence-electron chi connectivity index (χ2n) is 3.72. The molecule has 0 aliphatic carbocycles. The molecule has 17 heavy (non-hydrogen) atoms. The molecule has 5 N–H and O–H groups in total. The van der Waals surface area contributed by atoms with Crippen molar-refractivity contribution in [3.63, 3.8) is 0 Å². The van der Waals surface area contributed by atoms with Crippen molar-refractivity contribution in [3.8, 4) is 0 Å². The number of aliphatic hydroxyl groups excluding tert-OH is 3. The molecule has 0 aromatic carbocycles. The SMILES string of the molecule is O=C(O)c1csc(CNC(CO)(CO)CO)c1. The molecule has 7 heteroatoms. The van der Waals surface area contributed by atoms with Gasteiger partial charge in [0.25, 0.3) is 0 Å². The lowest BCUT2D eigenvalue weighted by molar-refractivity contribution is 0.0415. The van der Waals surface area contributed by atoms with Gasteiger partial charge in [0.2, 0.25) is 0 Å². The summed E-state index contributed by atoms with van der Waals surface area (Å²) in [5, 5.41) is 40.3. The number of rotatable bonds is 7. The predicted octanol–water partition coefficient (Wildman–Crippen LogP) is -0.748. The van der Waals surface area contributed by atoms with Crippen LogP contribution >= 0.6 is 11.3 Å². The van der Waals surface area contributed by atoms with Gasteiger partial charge >= 0.3 is 5.97 Å². The Kier molecular flexibility index (Phi) is 5.03. The van der Waals surface area contributed by atoms with E-state index in [9.17, 15) is 4.79 Å². The van der Waals surface area contributed by atoms with Gasteiger partial charge in [0, 0.05) is 16.8 Å². The molecule has 0 amide bonds. The van der Waals surface area contributed by atoms with E-state index in [2.05, 4.69) is 5.32 Å². The lowest BCUT2D eigenvalue weighted by atomic mass is 10.0. The topological polar surface area (TPSA) is 110 Å². The van der Waals surface area contributed by atoms with Crippen LogP contribution in [0, 0.1) is 0 Å². The smallest absolute Gasteiger partial charge is 0.336 e. The van der Waals surface area contributed by atoms with Gasteiger partial charge in [-0.2, -0.15) is 0 Å². The van der Waals surface area contributed by atoms with Crippen molar-refractivity contribution in [2.24, 2.45) is 0 Å². The standard InChI is InChI=1S/C10H15NO5S/c12-4-10(5-13,6-14)11-2-8-1-7(3-17-8)9(15)16/h1,3,11-14H,2,4-6H2,(H,15,16). The van der Waals surface area contributed by atoms with Crippen molar-refractivity contribution in [1.82, 2.24) is 5.32 Å². The van der Waals surface area contributed by atoms with Crippen LogP contribution in [0.15, 0.2) is 11.4 Å². The lowest BCUT2D eigenvalue weighted by Gasteiger charge is -2.28. The molecule has 0 radical (unpaired) electrons. The average Bonchev–Trinajstić information content (AvgIpc) is 2.81. The molecule has 1 heterocycles. The molecule has 0 aliphatic rings. The number of hydrogen-bond acceptors (Lipinski definition) is 6. The van der Waals surface area contributed by atoms with Gasteiger partial charge < -0.3 is 25.7 Å². The van der Waals surface area contributed by atoms with E-state index in [0.717, 1.165) is 4.88 Å². The first-order valence-corrected chi connectivity index (χ1v) is 5.83. The van der Waals surface area contributed by atoms with Gasteiger partial charge in [0.15, 0.2) is 0 Å². The van der Waals surface area contributed by atoms with E-state index in [4.69, 9.17) is 20.4 Å². The number of carboxylic acids is 1. The van der Waals surface area contributed by atoms with Gasteiger partial charge in [-0.3, -0.25) is 0 Å². The Bertz CT molecular complexity index is 366. The lowest BCUT2D eigenvalue weighted by Crippen LogP contribution is -2.54. The molecule has 1 rings (SSSR count). The number of nitrogens with one attached hydrogen (secondary N) is 1. The highest BCUT2D eigenvalue weighted by Gasteiger charge is 2.27. The third-order valence-corrected chi connectivity index (χ3v) is 3.38. The van der Waals surface area contributed by atoms with Gasteiger partial charge in [0.05, 0.1) is 30.9 Å². The Hall–Kier alpha value is -0.990. The number of thiophene rings is 1. The Balaban J connectivity index is 2.62. The van der Waals surface area contributed by atoms with E-state index in [1.165, 1.54) is 22.8 Å². The molecule has 1 aromatic heterocycles. The number of carbonyl (C=O) groups is 1. The minimum atomic E-state index is -1.15. The summed E-state index contributed by atoms with van der Waals surface area (Å²) >= 11 is 1.26. The van der Waals surface area contributed by atoms with E-state index in [1.807, 2.05) is 0 Å². The van der Waals surface area contributed by atoms with Gasteiger partial charge in [0.1, 0.15) is 0 Å². The molecule has 0 saturated carbocycles. The van der Waals surface area contributed by atoms with E-state index >= 15 is 0 Å². The summed E-state index contributed by atoms with van der Waals surface area (Å²) in [6, 6.07) is 1.51. The third kappa shape index (κ3) is 3.48. The Morgan fingerprint density at radius 1 is 1.29 bits per heavy atom. The number of carboxylic acid groups (broad SMARTS) is 1. The highest BCUT2D eigenvalue weighted by molar-refractivity contribution is 7.10. The van der Waals surface area contributed by atoms with Crippen molar-refractivity contribution in [2.75, 3.05) is 19.8 Å². The molecule has 0 aliphatic heterocycles. The fourth-order valence-corrected chi connectivity index (χ4v) is 1.98. The van der Waals surface area contributed by atoms with E-state index < -0.39 is 31.3 Å². The van der Waals surface area contributed by atoms with Crippen LogP contribution in [0.3, 0.4) is 0 Å². The molecule has 96 valence electrons. The molecule has 1 aromatic rings. The van der Waals surface area contributed by atoms with Gasteiger partial charge in [-0.1, -0.05) is 0 Å². The summed E-state index contributed by atoms with van der Waals surface area (Å²) < 4.78 is 0. The second kappa shape index (κ2) is 6.08. The van der Waals surface area contributed by atoms with Crippen molar-refractivity contribution < 1.29 is 25.2 Å². The van der Waals surface area contributed by atoms with Crippen molar-refractivity contribution in [3.05, 3.63) is 21.9 Å². The molecular formula is C10H15NO5S. The van der Waals surface area contributed by atoms with Crippen LogP contribution in [0.1, 0.15) is 15.2 Å². The first kappa shape index (κ1) is 14.1. The van der Waals surface area contributed by atoms with Gasteiger partial charge in [-0.25, -0.2) is 4.79 Å². The van der Waals surface area contributed by atoms with E-state index in [1.54, 1.807) is 0 Å². The number of aliphatic hydroxyl groups is 3. The number of hydrogen-bond donors (Lipinski definition) is 5. The normalized spacial score (nSPS) is 11.7. The quantitative estimate of drug-likeness (QED) is 0.442. The average molecular weight is 261 g/mol. The highest BCUT2D eigenvalue weighted by Crippen LogP contribution is 2.15. The zero-order valence-electron chi connectivity index (χ0n) is 9.09. The second-order valence-corrected chi connectivity index (χ2v) is 4.71. The predicted molar refractivity (Wildman–Crippen MR) is 62.1 cm³/mol. The molecule has 0 bridgehead atoms. The van der Waals surface area contributed by atoms with Crippen molar-refractivity contribution in [1.29, 1.82) is 0 Å². The monoisotopic (exact) mass is 261 g/mol. The summed E-state index contributed by atoms with van der Waals surface area (Å²) in [5.41, 5.74) is -0.942. The van der Waals surface area contributed by atoms with Crippen LogP contribution < -0.4 is 5.32 Å². The Morgan fingerprint density at radius 3 is 2.29 bits per heavy atom. The maximum Gasteiger partial charge on any atom is 0.336 e. The minimum Gasteiger partial charge on any atom is -0.478 e. The third-order valence-electron chi connectivity index (χ3n) is 2.45. The summed E-state index contributed by atoms with van der Waals surface area (Å²) in [6.07, 6.45) is 0. The van der Waals surface area contributed by atoms with Crippen molar-refractivity contribution >= 4 is 17.3 Å². The largest absolute Gasteiger partial charge is 0.478 e. The fourth-order valence-electron chi connectivity index (χ4n) is 1.18. The zero-order valence-corrected chi connectivity index (χ0v) is 9.90. The van der Waals surface area contributed by atoms with Crippen molar-refractivity contribution in [2.45, 2.75) is 12.1 Å². The maximum atomic E-state index is 10.7. The van der Waals surface area contributed by atoms with Crippen LogP contribution in [0.4, 0.5) is 0 Å². The van der Waals surface area contributed by atoms with Crippen LogP contribution in [0.25, 0.3) is 0 Å². The molecular weight excluding hydrogens is 246 g/mol. The molecule has 6 nitrogen and oxygen atoms in total.